The summed E-state index contributed by atoms with van der Waals surface area (Å²) >= 11 is 1.85. The van der Waals surface area contributed by atoms with Gasteiger partial charge in [0.05, 0.1) is 22.1 Å². The van der Waals surface area contributed by atoms with Crippen LogP contribution < -0.4 is 4.90 Å². The minimum Gasteiger partial charge on any atom is -0.456 e. The van der Waals surface area contributed by atoms with E-state index in [0.29, 0.717) is 0 Å². The van der Waals surface area contributed by atoms with Gasteiger partial charge < -0.3 is 13.9 Å². The summed E-state index contributed by atoms with van der Waals surface area (Å²) in [5.41, 5.74) is 18.0. The van der Waals surface area contributed by atoms with Crippen molar-refractivity contribution in [2.24, 2.45) is 0 Å². The first-order valence-corrected chi connectivity index (χ1v) is 25.1. The highest BCUT2D eigenvalue weighted by Gasteiger charge is 2.46. The smallest absolute Gasteiger partial charge is 0.137 e. The number of furan rings is 1. The number of anilines is 3. The Labute approximate surface area is 414 Å². The number of thiophene rings is 1. The summed E-state index contributed by atoms with van der Waals surface area (Å²) in [6.45, 7) is 0. The molecule has 0 bridgehead atoms. The molecule has 0 spiro atoms. The second-order valence-electron chi connectivity index (χ2n) is 18.8. The van der Waals surface area contributed by atoms with Gasteiger partial charge in [-0.2, -0.15) is 0 Å². The Hall–Kier alpha value is -8.96. The summed E-state index contributed by atoms with van der Waals surface area (Å²) in [5, 5.41) is 7.13. The van der Waals surface area contributed by atoms with Crippen molar-refractivity contribution in [3.05, 3.63) is 277 Å². The molecule has 1 aliphatic carbocycles. The van der Waals surface area contributed by atoms with Crippen molar-refractivity contribution in [3.63, 3.8) is 0 Å². The predicted octanol–water partition coefficient (Wildman–Crippen LogP) is 18.6. The van der Waals surface area contributed by atoms with Gasteiger partial charge in [-0.05, 0) is 123 Å². The maximum Gasteiger partial charge on any atom is 0.137 e. The Morgan fingerprint density at radius 3 is 1.87 bits per heavy atom. The second-order valence-corrected chi connectivity index (χ2v) is 19.8. The molecule has 0 N–H and O–H groups in total. The summed E-state index contributed by atoms with van der Waals surface area (Å²) in [6.07, 6.45) is 0. The zero-order valence-electron chi connectivity index (χ0n) is 38.5. The molecular weight excluding hydrogens is 881 g/mol. The lowest BCUT2D eigenvalue weighted by molar-refractivity contribution is 0.669. The molecule has 0 unspecified atom stereocenters. The van der Waals surface area contributed by atoms with Crippen molar-refractivity contribution in [1.82, 2.24) is 4.57 Å². The van der Waals surface area contributed by atoms with E-state index in [4.69, 9.17) is 4.42 Å². The largest absolute Gasteiger partial charge is 0.456 e. The first kappa shape index (κ1) is 40.0. The van der Waals surface area contributed by atoms with E-state index in [1.807, 2.05) is 17.4 Å². The molecule has 0 saturated heterocycles. The van der Waals surface area contributed by atoms with E-state index in [9.17, 15) is 0 Å². The number of hydrogen-bond acceptors (Lipinski definition) is 3. The Morgan fingerprint density at radius 1 is 0.380 bits per heavy atom. The van der Waals surface area contributed by atoms with Crippen molar-refractivity contribution in [2.75, 3.05) is 4.90 Å². The number of hydrogen-bond donors (Lipinski definition) is 0. The molecule has 4 heteroatoms. The molecule has 1 aliphatic rings. The van der Waals surface area contributed by atoms with Gasteiger partial charge in [-0.1, -0.05) is 170 Å². The van der Waals surface area contributed by atoms with Gasteiger partial charge in [-0.15, -0.1) is 11.3 Å². The van der Waals surface area contributed by atoms with Gasteiger partial charge in [0, 0.05) is 64.8 Å². The van der Waals surface area contributed by atoms with Crippen LogP contribution in [0.25, 0.3) is 91.9 Å². The number of fused-ring (bicyclic) bond motifs is 12. The Balaban J connectivity index is 0.917. The summed E-state index contributed by atoms with van der Waals surface area (Å²) in [5.74, 6) is 0. The molecule has 0 radical (unpaired) electrons. The second kappa shape index (κ2) is 15.5. The third-order valence-electron chi connectivity index (χ3n) is 15.1. The topological polar surface area (TPSA) is 21.3 Å². The van der Waals surface area contributed by atoms with Crippen molar-refractivity contribution in [2.45, 2.75) is 5.41 Å². The molecule has 3 aromatic heterocycles. The molecular formula is C67H42N2OS. The van der Waals surface area contributed by atoms with Gasteiger partial charge >= 0.3 is 0 Å². The van der Waals surface area contributed by atoms with Crippen LogP contribution >= 0.6 is 11.3 Å². The van der Waals surface area contributed by atoms with Crippen LogP contribution in [0.15, 0.2) is 259 Å². The summed E-state index contributed by atoms with van der Waals surface area (Å²) < 4.78 is 11.6. The molecule has 11 aromatic carbocycles. The summed E-state index contributed by atoms with van der Waals surface area (Å²) in [7, 11) is 0. The lowest BCUT2D eigenvalue weighted by Gasteiger charge is -2.33. The normalized spacial score (nSPS) is 12.9. The maximum atomic E-state index is 6.56. The highest BCUT2D eigenvalue weighted by atomic mass is 32.1. The molecule has 15 rings (SSSR count). The van der Waals surface area contributed by atoms with Crippen molar-refractivity contribution >= 4 is 92.3 Å². The molecule has 71 heavy (non-hydrogen) atoms. The average Bonchev–Trinajstić information content (AvgIpc) is 4.19. The fourth-order valence-corrected chi connectivity index (χ4v) is 13.1. The Bertz CT molecular complexity index is 4390. The third kappa shape index (κ3) is 5.89. The first-order chi connectivity index (χ1) is 35.2. The quantitative estimate of drug-likeness (QED) is 0.159. The fourth-order valence-electron chi connectivity index (χ4n) is 12.1. The fraction of sp³-hybridized carbons (Fsp3) is 0.0149. The number of para-hydroxylation sites is 2. The van der Waals surface area contributed by atoms with Gasteiger partial charge in [0.25, 0.3) is 0 Å². The Kier molecular flexibility index (Phi) is 8.74. The van der Waals surface area contributed by atoms with E-state index in [-0.39, 0.29) is 0 Å². The SMILES string of the molecule is c1ccc(C2(c3ccccc3)c3ccccc3-c3cc(-c4cccc(-n5c6ccccc6c6c(N(c7ccc8c(c7)oc7ccccc78)c7ccc8sc9ccccc9c8c7)cccc65)c4)ccc32)cc1. The van der Waals surface area contributed by atoms with Gasteiger partial charge in [-0.3, -0.25) is 0 Å². The molecule has 3 nitrogen and oxygen atoms in total. The van der Waals surface area contributed by atoms with Crippen LogP contribution in [0.5, 0.6) is 0 Å². The van der Waals surface area contributed by atoms with Gasteiger partial charge in [0.1, 0.15) is 11.2 Å². The van der Waals surface area contributed by atoms with Gasteiger partial charge in [-0.25, -0.2) is 0 Å². The van der Waals surface area contributed by atoms with Gasteiger partial charge in [0.15, 0.2) is 0 Å². The van der Waals surface area contributed by atoms with Crippen LogP contribution in [0.2, 0.25) is 0 Å². The molecule has 3 heterocycles. The number of benzene rings is 11. The van der Waals surface area contributed by atoms with Crippen LogP contribution in [0.1, 0.15) is 22.3 Å². The summed E-state index contributed by atoms with van der Waals surface area (Å²) in [6, 6.07) is 93.6. The minimum atomic E-state index is -0.440. The predicted molar refractivity (Wildman–Crippen MR) is 298 cm³/mol. The van der Waals surface area contributed by atoms with E-state index in [2.05, 4.69) is 258 Å². The highest BCUT2D eigenvalue weighted by molar-refractivity contribution is 7.25. The maximum absolute atomic E-state index is 6.56. The molecule has 0 atom stereocenters. The van der Waals surface area contributed by atoms with Crippen LogP contribution in [0.4, 0.5) is 17.1 Å². The van der Waals surface area contributed by atoms with Crippen LogP contribution in [-0.4, -0.2) is 4.57 Å². The zero-order chi connectivity index (χ0) is 46.6. The van der Waals surface area contributed by atoms with Crippen molar-refractivity contribution < 1.29 is 4.42 Å². The average molecular weight is 923 g/mol. The van der Waals surface area contributed by atoms with Crippen LogP contribution in [0.3, 0.4) is 0 Å². The minimum absolute atomic E-state index is 0.440. The standard InChI is InChI=1S/C67H42N2OS/c1-3-18-45(19-4-1)67(46-20-5-2-6-21-46)57-27-11-7-23-50(57)55-40-44(33-37-58(55)67)43-17-15-22-47(39-43)69-59-28-12-8-26-54(59)66-60(29-16-30-61(66)69)68(48-35-38-65-56(41-48)53-25-10-14-32-64(53)71-65)49-34-36-52-51-24-9-13-31-62(51)70-63(52)42-49/h1-42H. The monoisotopic (exact) mass is 922 g/mol. The number of rotatable bonds is 7. The van der Waals surface area contributed by atoms with E-state index in [1.54, 1.807) is 0 Å². The molecule has 332 valence electrons. The number of nitrogens with zero attached hydrogens (tertiary/aromatic N) is 2. The molecule has 0 amide bonds. The van der Waals surface area contributed by atoms with E-state index in [0.717, 1.165) is 55.7 Å². The molecule has 0 aliphatic heterocycles. The number of aromatic nitrogens is 1. The van der Waals surface area contributed by atoms with E-state index in [1.165, 1.54) is 75.5 Å². The van der Waals surface area contributed by atoms with Gasteiger partial charge in [0.2, 0.25) is 0 Å². The van der Waals surface area contributed by atoms with E-state index < -0.39 is 5.41 Å². The van der Waals surface area contributed by atoms with Crippen molar-refractivity contribution in [1.29, 1.82) is 0 Å². The lowest BCUT2D eigenvalue weighted by Crippen LogP contribution is -2.28. The Morgan fingerprint density at radius 2 is 1.01 bits per heavy atom. The summed E-state index contributed by atoms with van der Waals surface area (Å²) in [4.78, 5) is 2.43. The molecule has 0 saturated carbocycles. The molecule has 14 aromatic rings. The van der Waals surface area contributed by atoms with Crippen LogP contribution in [0, 0.1) is 0 Å². The van der Waals surface area contributed by atoms with E-state index >= 15 is 0 Å². The first-order valence-electron chi connectivity index (χ1n) is 24.3. The highest BCUT2D eigenvalue weighted by Crippen LogP contribution is 2.57. The lowest BCUT2D eigenvalue weighted by atomic mass is 9.67. The zero-order valence-corrected chi connectivity index (χ0v) is 39.3. The molecule has 0 fully saturated rings. The van der Waals surface area contributed by atoms with Crippen molar-refractivity contribution in [3.8, 4) is 27.9 Å². The third-order valence-corrected chi connectivity index (χ3v) is 16.2. The van der Waals surface area contributed by atoms with Crippen LogP contribution in [-0.2, 0) is 5.41 Å².